The van der Waals surface area contributed by atoms with Crippen molar-refractivity contribution in [3.63, 3.8) is 0 Å². The summed E-state index contributed by atoms with van der Waals surface area (Å²) in [5.41, 5.74) is 3.34. The first-order chi connectivity index (χ1) is 9.69. The van der Waals surface area contributed by atoms with Crippen LogP contribution in [0.3, 0.4) is 0 Å². The summed E-state index contributed by atoms with van der Waals surface area (Å²) >= 11 is 5.66. The van der Waals surface area contributed by atoms with Crippen LogP contribution < -0.4 is 4.74 Å². The van der Waals surface area contributed by atoms with E-state index in [1.54, 1.807) is 0 Å². The fraction of sp³-hybridized carbons (Fsp3) is 0.467. The second-order valence-corrected chi connectivity index (χ2v) is 5.26. The number of alkyl halides is 1. The molecule has 0 aliphatic heterocycles. The summed E-state index contributed by atoms with van der Waals surface area (Å²) in [6.07, 6.45) is 3.76. The smallest absolute Gasteiger partial charge is 0.122 e. The van der Waals surface area contributed by atoms with Gasteiger partial charge < -0.3 is 4.74 Å². The normalized spacial score (nSPS) is 10.8. The van der Waals surface area contributed by atoms with Gasteiger partial charge in [0.2, 0.25) is 0 Å². The van der Waals surface area contributed by atoms with Gasteiger partial charge in [-0.25, -0.2) is 4.68 Å². The number of aryl methyl sites for hydroxylation is 3. The Bertz CT molecular complexity index is 554. The summed E-state index contributed by atoms with van der Waals surface area (Å²) in [7, 11) is 0. The Kier molecular flexibility index (Phi) is 5.41. The molecule has 2 aromatic rings. The van der Waals surface area contributed by atoms with E-state index >= 15 is 0 Å². The largest absolute Gasteiger partial charge is 0.491 e. The molecule has 108 valence electrons. The lowest BCUT2D eigenvalue weighted by Gasteiger charge is -2.09. The molecule has 0 N–H and O–H groups in total. The molecule has 0 radical (unpaired) electrons. The van der Waals surface area contributed by atoms with Gasteiger partial charge in [-0.15, -0.1) is 16.7 Å². The number of hydrogen-bond donors (Lipinski definition) is 0. The van der Waals surface area contributed by atoms with E-state index < -0.39 is 0 Å². The van der Waals surface area contributed by atoms with Gasteiger partial charge in [-0.05, 0) is 43.9 Å². The summed E-state index contributed by atoms with van der Waals surface area (Å²) in [5, 5.41) is 8.19. The Hall–Kier alpha value is -1.55. The molecular weight excluding hydrogens is 274 g/mol. The van der Waals surface area contributed by atoms with Crippen LogP contribution in [0.1, 0.15) is 23.2 Å². The zero-order valence-corrected chi connectivity index (χ0v) is 12.7. The van der Waals surface area contributed by atoms with Gasteiger partial charge >= 0.3 is 0 Å². The molecule has 1 heterocycles. The van der Waals surface area contributed by atoms with Gasteiger partial charge in [0.15, 0.2) is 0 Å². The van der Waals surface area contributed by atoms with Crippen LogP contribution in [-0.2, 0) is 13.0 Å². The molecule has 0 saturated heterocycles. The van der Waals surface area contributed by atoms with Crippen LogP contribution in [0.2, 0.25) is 0 Å². The summed E-state index contributed by atoms with van der Waals surface area (Å²) in [5.74, 6) is 1.59. The van der Waals surface area contributed by atoms with E-state index in [9.17, 15) is 0 Å². The summed E-state index contributed by atoms with van der Waals surface area (Å²) < 4.78 is 7.62. The van der Waals surface area contributed by atoms with E-state index in [-0.39, 0.29) is 0 Å². The van der Waals surface area contributed by atoms with Gasteiger partial charge in [0.25, 0.3) is 0 Å². The SMILES string of the molecule is Cc1ccc(C)c(OCCn2cc(CCCCl)nn2)c1. The lowest BCUT2D eigenvalue weighted by atomic mass is 10.1. The number of rotatable bonds is 7. The Morgan fingerprint density at radius 1 is 1.30 bits per heavy atom. The standard InChI is InChI=1S/C15H20ClN3O/c1-12-5-6-13(2)15(10-12)20-9-8-19-11-14(17-18-19)4-3-7-16/h5-6,10-11H,3-4,7-9H2,1-2H3. The van der Waals surface area contributed by atoms with Crippen molar-refractivity contribution in [3.05, 3.63) is 41.2 Å². The number of aromatic nitrogens is 3. The Morgan fingerprint density at radius 3 is 2.95 bits per heavy atom. The van der Waals surface area contributed by atoms with E-state index in [2.05, 4.69) is 42.4 Å². The van der Waals surface area contributed by atoms with E-state index in [1.807, 2.05) is 10.9 Å². The second-order valence-electron chi connectivity index (χ2n) is 4.88. The minimum atomic E-state index is 0.586. The van der Waals surface area contributed by atoms with Crippen molar-refractivity contribution in [2.75, 3.05) is 12.5 Å². The number of benzene rings is 1. The Balaban J connectivity index is 1.83. The highest BCUT2D eigenvalue weighted by molar-refractivity contribution is 6.17. The van der Waals surface area contributed by atoms with Crippen LogP contribution in [0.15, 0.2) is 24.4 Å². The lowest BCUT2D eigenvalue weighted by molar-refractivity contribution is 0.288. The van der Waals surface area contributed by atoms with E-state index in [0.717, 1.165) is 29.8 Å². The molecule has 0 unspecified atom stereocenters. The first-order valence-electron chi connectivity index (χ1n) is 6.84. The number of halogens is 1. The Morgan fingerprint density at radius 2 is 2.15 bits per heavy atom. The fourth-order valence-electron chi connectivity index (χ4n) is 1.92. The minimum Gasteiger partial charge on any atom is -0.491 e. The van der Waals surface area contributed by atoms with Crippen LogP contribution >= 0.6 is 11.6 Å². The molecular formula is C15H20ClN3O. The van der Waals surface area contributed by atoms with Gasteiger partial charge in [-0.1, -0.05) is 17.3 Å². The maximum atomic E-state index is 5.80. The van der Waals surface area contributed by atoms with E-state index in [4.69, 9.17) is 16.3 Å². The van der Waals surface area contributed by atoms with Crippen LogP contribution in [0.5, 0.6) is 5.75 Å². The van der Waals surface area contributed by atoms with Gasteiger partial charge in [0, 0.05) is 12.1 Å². The molecule has 2 rings (SSSR count). The topological polar surface area (TPSA) is 39.9 Å². The predicted octanol–water partition coefficient (Wildman–Crippen LogP) is 3.15. The Labute approximate surface area is 124 Å². The number of ether oxygens (including phenoxy) is 1. The zero-order chi connectivity index (χ0) is 14.4. The molecule has 1 aromatic carbocycles. The van der Waals surface area contributed by atoms with Crippen molar-refractivity contribution >= 4 is 11.6 Å². The van der Waals surface area contributed by atoms with Crippen molar-refractivity contribution in [1.82, 2.24) is 15.0 Å². The number of nitrogens with zero attached hydrogens (tertiary/aromatic N) is 3. The average molecular weight is 294 g/mol. The third kappa shape index (κ3) is 4.23. The third-order valence-corrected chi connectivity index (χ3v) is 3.34. The lowest BCUT2D eigenvalue weighted by Crippen LogP contribution is -2.09. The van der Waals surface area contributed by atoms with E-state index in [0.29, 0.717) is 19.0 Å². The van der Waals surface area contributed by atoms with Gasteiger partial charge in [-0.2, -0.15) is 0 Å². The molecule has 0 aliphatic carbocycles. The maximum Gasteiger partial charge on any atom is 0.122 e. The molecule has 0 saturated carbocycles. The molecule has 5 heteroatoms. The second kappa shape index (κ2) is 7.29. The molecule has 20 heavy (non-hydrogen) atoms. The molecule has 0 bridgehead atoms. The molecule has 1 aromatic heterocycles. The van der Waals surface area contributed by atoms with Crippen molar-refractivity contribution in [1.29, 1.82) is 0 Å². The first kappa shape index (κ1) is 14.9. The molecule has 0 amide bonds. The highest BCUT2D eigenvalue weighted by Gasteiger charge is 2.02. The molecule has 0 atom stereocenters. The van der Waals surface area contributed by atoms with Crippen LogP contribution in [-0.4, -0.2) is 27.5 Å². The van der Waals surface area contributed by atoms with Gasteiger partial charge in [0.05, 0.1) is 12.2 Å². The van der Waals surface area contributed by atoms with Gasteiger partial charge in [0.1, 0.15) is 12.4 Å². The van der Waals surface area contributed by atoms with Crippen molar-refractivity contribution in [2.45, 2.75) is 33.2 Å². The van der Waals surface area contributed by atoms with Crippen LogP contribution in [0, 0.1) is 13.8 Å². The fourth-order valence-corrected chi connectivity index (χ4v) is 2.06. The summed E-state index contributed by atoms with van der Waals surface area (Å²) in [6, 6.07) is 6.22. The quantitative estimate of drug-likeness (QED) is 0.736. The van der Waals surface area contributed by atoms with Crippen LogP contribution in [0.25, 0.3) is 0 Å². The number of hydrogen-bond acceptors (Lipinski definition) is 3. The highest BCUT2D eigenvalue weighted by Crippen LogP contribution is 2.18. The molecule has 0 spiro atoms. The molecule has 0 aliphatic rings. The van der Waals surface area contributed by atoms with E-state index in [1.165, 1.54) is 5.56 Å². The van der Waals surface area contributed by atoms with Crippen LogP contribution in [0.4, 0.5) is 0 Å². The van der Waals surface area contributed by atoms with Crippen molar-refractivity contribution in [2.24, 2.45) is 0 Å². The third-order valence-electron chi connectivity index (χ3n) is 3.07. The highest BCUT2D eigenvalue weighted by atomic mass is 35.5. The van der Waals surface area contributed by atoms with Crippen molar-refractivity contribution < 1.29 is 4.74 Å². The minimum absolute atomic E-state index is 0.586. The maximum absolute atomic E-state index is 5.80. The summed E-state index contributed by atoms with van der Waals surface area (Å²) in [4.78, 5) is 0. The average Bonchev–Trinajstić information content (AvgIpc) is 2.88. The zero-order valence-electron chi connectivity index (χ0n) is 12.0. The first-order valence-corrected chi connectivity index (χ1v) is 7.37. The predicted molar refractivity (Wildman–Crippen MR) is 80.5 cm³/mol. The van der Waals surface area contributed by atoms with Gasteiger partial charge in [-0.3, -0.25) is 0 Å². The van der Waals surface area contributed by atoms with Crippen molar-refractivity contribution in [3.8, 4) is 5.75 Å². The monoisotopic (exact) mass is 293 g/mol. The molecule has 0 fully saturated rings. The molecule has 4 nitrogen and oxygen atoms in total. The summed E-state index contributed by atoms with van der Waals surface area (Å²) in [6.45, 7) is 5.39.